The van der Waals surface area contributed by atoms with E-state index in [4.69, 9.17) is 10.5 Å². The molecule has 0 bridgehead atoms. The molecule has 0 saturated carbocycles. The third-order valence-electron chi connectivity index (χ3n) is 3.58. The zero-order valence-electron chi connectivity index (χ0n) is 13.8. The molecular weight excluding hydrogens is 316 g/mol. The number of anilines is 2. The van der Waals surface area contributed by atoms with Crippen LogP contribution < -0.4 is 15.8 Å². The lowest BCUT2D eigenvalue weighted by Crippen LogP contribution is -2.13. The van der Waals surface area contributed by atoms with Gasteiger partial charge in [0.05, 0.1) is 31.6 Å². The van der Waals surface area contributed by atoms with Crippen LogP contribution in [0, 0.1) is 0 Å². The van der Waals surface area contributed by atoms with Gasteiger partial charge in [0.1, 0.15) is 11.6 Å². The number of primary amides is 1. The minimum atomic E-state index is -0.364. The molecule has 3 aromatic rings. The highest BCUT2D eigenvalue weighted by atomic mass is 16.5. The van der Waals surface area contributed by atoms with Gasteiger partial charge in [0.15, 0.2) is 0 Å². The van der Waals surface area contributed by atoms with E-state index in [-0.39, 0.29) is 12.3 Å². The van der Waals surface area contributed by atoms with Crippen LogP contribution in [0.4, 0.5) is 11.5 Å². The molecule has 0 radical (unpaired) electrons. The highest BCUT2D eigenvalue weighted by molar-refractivity contribution is 5.77. The molecule has 2 aromatic carbocycles. The summed E-state index contributed by atoms with van der Waals surface area (Å²) in [7, 11) is 1.62. The van der Waals surface area contributed by atoms with Crippen LogP contribution in [0.15, 0.2) is 60.9 Å². The molecule has 1 aromatic heterocycles. The fourth-order valence-electron chi connectivity index (χ4n) is 2.46. The van der Waals surface area contributed by atoms with Crippen molar-refractivity contribution in [1.82, 2.24) is 9.97 Å². The van der Waals surface area contributed by atoms with E-state index in [2.05, 4.69) is 15.3 Å². The molecule has 6 heteroatoms. The molecular formula is C19H18N4O2. The molecule has 0 aliphatic heterocycles. The second-order valence-corrected chi connectivity index (χ2v) is 5.49. The van der Waals surface area contributed by atoms with Gasteiger partial charge in [-0.1, -0.05) is 24.3 Å². The number of amides is 1. The largest absolute Gasteiger partial charge is 0.497 e. The molecule has 0 saturated heterocycles. The van der Waals surface area contributed by atoms with Gasteiger partial charge >= 0.3 is 0 Å². The van der Waals surface area contributed by atoms with Crippen LogP contribution in [0.1, 0.15) is 5.56 Å². The first-order valence-electron chi connectivity index (χ1n) is 7.75. The van der Waals surface area contributed by atoms with Gasteiger partial charge in [-0.25, -0.2) is 4.98 Å². The zero-order valence-corrected chi connectivity index (χ0v) is 13.8. The van der Waals surface area contributed by atoms with Crippen molar-refractivity contribution in [2.45, 2.75) is 6.42 Å². The summed E-state index contributed by atoms with van der Waals surface area (Å²) in [6.45, 7) is 0. The Bertz CT molecular complexity index is 896. The Morgan fingerprint density at radius 2 is 2.00 bits per heavy atom. The molecule has 25 heavy (non-hydrogen) atoms. The minimum Gasteiger partial charge on any atom is -0.497 e. The fourth-order valence-corrected chi connectivity index (χ4v) is 2.46. The highest BCUT2D eigenvalue weighted by Crippen LogP contribution is 2.23. The number of aromatic nitrogens is 2. The van der Waals surface area contributed by atoms with Gasteiger partial charge in [-0.3, -0.25) is 9.78 Å². The Balaban J connectivity index is 1.85. The molecule has 0 aliphatic carbocycles. The molecule has 1 heterocycles. The number of rotatable bonds is 6. The number of carbonyl (C=O) groups is 1. The van der Waals surface area contributed by atoms with Crippen LogP contribution in [0.2, 0.25) is 0 Å². The third kappa shape index (κ3) is 4.32. The first-order valence-corrected chi connectivity index (χ1v) is 7.75. The van der Waals surface area contributed by atoms with Crippen LogP contribution in [-0.2, 0) is 11.2 Å². The number of nitrogens with zero attached hydrogens (tertiary/aromatic N) is 2. The van der Waals surface area contributed by atoms with E-state index in [1.54, 1.807) is 19.5 Å². The van der Waals surface area contributed by atoms with Gasteiger partial charge in [-0.2, -0.15) is 0 Å². The summed E-state index contributed by atoms with van der Waals surface area (Å²) in [5.41, 5.74) is 8.54. The topological polar surface area (TPSA) is 90.1 Å². The van der Waals surface area contributed by atoms with Gasteiger partial charge in [0.25, 0.3) is 0 Å². The van der Waals surface area contributed by atoms with E-state index < -0.39 is 0 Å². The molecule has 0 atom stereocenters. The monoisotopic (exact) mass is 334 g/mol. The quantitative estimate of drug-likeness (QED) is 0.723. The minimum absolute atomic E-state index is 0.197. The van der Waals surface area contributed by atoms with Crippen molar-refractivity contribution in [2.24, 2.45) is 5.73 Å². The maximum atomic E-state index is 11.1. The zero-order chi connectivity index (χ0) is 17.6. The van der Waals surface area contributed by atoms with Gasteiger partial charge in [0.2, 0.25) is 5.91 Å². The molecule has 126 valence electrons. The summed E-state index contributed by atoms with van der Waals surface area (Å²) >= 11 is 0. The molecule has 3 rings (SSSR count). The molecule has 6 nitrogen and oxygen atoms in total. The Labute approximate surface area is 145 Å². The summed E-state index contributed by atoms with van der Waals surface area (Å²) in [4.78, 5) is 19.9. The van der Waals surface area contributed by atoms with Crippen molar-refractivity contribution in [3.8, 4) is 17.0 Å². The second-order valence-electron chi connectivity index (χ2n) is 5.49. The lowest BCUT2D eigenvalue weighted by molar-refractivity contribution is -0.117. The Morgan fingerprint density at radius 3 is 2.80 bits per heavy atom. The first-order chi connectivity index (χ1) is 12.1. The fraction of sp³-hybridized carbons (Fsp3) is 0.105. The lowest BCUT2D eigenvalue weighted by atomic mass is 10.1. The van der Waals surface area contributed by atoms with Gasteiger partial charge < -0.3 is 15.8 Å². The number of nitrogens with one attached hydrogen (secondary N) is 1. The first kappa shape index (κ1) is 16.4. The smallest absolute Gasteiger partial charge is 0.221 e. The number of benzene rings is 2. The Morgan fingerprint density at radius 1 is 1.16 bits per heavy atom. The molecule has 1 amide bonds. The number of carbonyl (C=O) groups excluding carboxylic acids is 1. The number of ether oxygens (including phenoxy) is 1. The maximum Gasteiger partial charge on any atom is 0.221 e. The SMILES string of the molecule is COc1cccc(Nc2cncc(-c3cccc(CC(N)=O)c3)n2)c1. The van der Waals surface area contributed by atoms with Crippen molar-refractivity contribution in [3.63, 3.8) is 0 Å². The van der Waals surface area contributed by atoms with Crippen LogP contribution in [0.5, 0.6) is 5.75 Å². The molecule has 0 aliphatic rings. The summed E-state index contributed by atoms with van der Waals surface area (Å²) in [6.07, 6.45) is 3.53. The van der Waals surface area contributed by atoms with Gasteiger partial charge in [-0.05, 0) is 23.8 Å². The van der Waals surface area contributed by atoms with Crippen molar-refractivity contribution in [2.75, 3.05) is 12.4 Å². The molecule has 0 spiro atoms. The van der Waals surface area contributed by atoms with Crippen LogP contribution in [-0.4, -0.2) is 23.0 Å². The second kappa shape index (κ2) is 7.44. The van der Waals surface area contributed by atoms with Crippen molar-refractivity contribution >= 4 is 17.4 Å². The van der Waals surface area contributed by atoms with Gasteiger partial charge in [-0.15, -0.1) is 0 Å². The normalized spacial score (nSPS) is 10.3. The van der Waals surface area contributed by atoms with Gasteiger partial charge in [0, 0.05) is 17.3 Å². The molecule has 0 fully saturated rings. The van der Waals surface area contributed by atoms with Crippen molar-refractivity contribution in [3.05, 3.63) is 66.5 Å². The molecule has 0 unspecified atom stereocenters. The number of nitrogens with two attached hydrogens (primary N) is 1. The van der Waals surface area contributed by atoms with E-state index in [0.717, 1.165) is 22.6 Å². The summed E-state index contributed by atoms with van der Waals surface area (Å²) in [5.74, 6) is 1.01. The predicted molar refractivity (Wildman–Crippen MR) is 96.6 cm³/mol. The number of hydrogen-bond acceptors (Lipinski definition) is 5. The third-order valence-corrected chi connectivity index (χ3v) is 3.58. The summed E-state index contributed by atoms with van der Waals surface area (Å²) < 4.78 is 5.22. The van der Waals surface area contributed by atoms with E-state index in [9.17, 15) is 4.79 Å². The van der Waals surface area contributed by atoms with Crippen LogP contribution in [0.25, 0.3) is 11.3 Å². The van der Waals surface area contributed by atoms with E-state index >= 15 is 0 Å². The summed E-state index contributed by atoms with van der Waals surface area (Å²) in [6, 6.07) is 15.1. The summed E-state index contributed by atoms with van der Waals surface area (Å²) in [5, 5.41) is 3.21. The van der Waals surface area contributed by atoms with Crippen molar-refractivity contribution < 1.29 is 9.53 Å². The average molecular weight is 334 g/mol. The average Bonchev–Trinajstić information content (AvgIpc) is 2.62. The standard InChI is InChI=1S/C19H18N4O2/c1-25-16-7-3-6-15(10-16)22-19-12-21-11-17(23-19)14-5-2-4-13(8-14)9-18(20)24/h2-8,10-12H,9H2,1H3,(H2,20,24)(H,22,23). The Kier molecular flexibility index (Phi) is 4.89. The number of hydrogen-bond donors (Lipinski definition) is 2. The van der Waals surface area contributed by atoms with Crippen molar-refractivity contribution in [1.29, 1.82) is 0 Å². The van der Waals surface area contributed by atoms with E-state index in [1.165, 1.54) is 0 Å². The number of methoxy groups -OCH3 is 1. The highest BCUT2D eigenvalue weighted by Gasteiger charge is 2.06. The van der Waals surface area contributed by atoms with Crippen LogP contribution >= 0.6 is 0 Å². The lowest BCUT2D eigenvalue weighted by Gasteiger charge is -2.09. The van der Waals surface area contributed by atoms with E-state index in [0.29, 0.717) is 11.5 Å². The van der Waals surface area contributed by atoms with Crippen LogP contribution in [0.3, 0.4) is 0 Å². The molecule has 3 N–H and O–H groups in total. The van der Waals surface area contributed by atoms with E-state index in [1.807, 2.05) is 48.5 Å². The Hall–Kier alpha value is -3.41. The maximum absolute atomic E-state index is 11.1. The predicted octanol–water partition coefficient (Wildman–Crippen LogP) is 2.92.